The molecule has 2 aromatic rings. The minimum Gasteiger partial charge on any atom is -0.507 e. The van der Waals surface area contributed by atoms with Crippen molar-refractivity contribution in [2.45, 2.75) is 32.4 Å². The number of aromatic hydroxyl groups is 1. The molecule has 0 spiro atoms. The number of halogens is 1. The number of hydrogen-bond donors (Lipinski definition) is 2. The molecule has 5 nitrogen and oxygen atoms in total. The molecule has 122 valence electrons. The van der Waals surface area contributed by atoms with Crippen LogP contribution in [0.15, 0.2) is 24.3 Å². The van der Waals surface area contributed by atoms with E-state index in [1.165, 1.54) is 6.07 Å². The Bertz CT molecular complexity index is 647. The number of nitrogens with zero attached hydrogens (tertiary/aromatic N) is 2. The summed E-state index contributed by atoms with van der Waals surface area (Å²) in [6.45, 7) is 3.98. The van der Waals surface area contributed by atoms with Crippen molar-refractivity contribution in [1.29, 1.82) is 0 Å². The van der Waals surface area contributed by atoms with E-state index >= 15 is 0 Å². The Morgan fingerprint density at radius 1 is 1.26 bits per heavy atom. The van der Waals surface area contributed by atoms with Crippen molar-refractivity contribution in [3.63, 3.8) is 0 Å². The molecule has 2 N–H and O–H groups in total. The van der Waals surface area contributed by atoms with Gasteiger partial charge in [0.1, 0.15) is 11.6 Å². The van der Waals surface area contributed by atoms with Gasteiger partial charge < -0.3 is 15.2 Å². The summed E-state index contributed by atoms with van der Waals surface area (Å²) in [7, 11) is 0. The first kappa shape index (κ1) is 15.8. The van der Waals surface area contributed by atoms with Gasteiger partial charge in [0.05, 0.1) is 11.4 Å². The van der Waals surface area contributed by atoms with E-state index in [0.29, 0.717) is 29.4 Å². The lowest BCUT2D eigenvalue weighted by molar-refractivity contribution is 0.0775. The zero-order valence-electron chi connectivity index (χ0n) is 13.1. The standard InChI is InChI=1S/C17H20FN3O2/c1-11-8-12(18)9-16(22)17(11)15-3-2-14(20-21-15)10-19-13-4-6-23-7-5-13/h2-3,8-9,13,19,22H,4-7,10H2,1H3. The molecule has 0 saturated carbocycles. The number of phenolic OH excluding ortho intramolecular Hbond substituents is 1. The fraction of sp³-hybridized carbons (Fsp3) is 0.412. The van der Waals surface area contributed by atoms with Gasteiger partial charge in [-0.2, -0.15) is 10.2 Å². The molecule has 1 aromatic heterocycles. The fourth-order valence-electron chi connectivity index (χ4n) is 2.80. The van der Waals surface area contributed by atoms with Crippen LogP contribution in [0.5, 0.6) is 5.75 Å². The number of rotatable bonds is 4. The van der Waals surface area contributed by atoms with Gasteiger partial charge >= 0.3 is 0 Å². The lowest BCUT2D eigenvalue weighted by Gasteiger charge is -2.22. The SMILES string of the molecule is Cc1cc(F)cc(O)c1-c1ccc(CNC2CCOCC2)nn1. The first-order chi connectivity index (χ1) is 11.1. The van der Waals surface area contributed by atoms with Crippen LogP contribution in [-0.2, 0) is 11.3 Å². The highest BCUT2D eigenvalue weighted by atomic mass is 19.1. The minimum atomic E-state index is -0.464. The average Bonchev–Trinajstić information content (AvgIpc) is 2.54. The van der Waals surface area contributed by atoms with Gasteiger partial charge in [-0.25, -0.2) is 4.39 Å². The van der Waals surface area contributed by atoms with Gasteiger partial charge in [-0.15, -0.1) is 0 Å². The third-order valence-electron chi connectivity index (χ3n) is 4.05. The van der Waals surface area contributed by atoms with Crippen LogP contribution in [0.25, 0.3) is 11.3 Å². The highest BCUT2D eigenvalue weighted by Gasteiger charge is 2.14. The van der Waals surface area contributed by atoms with Gasteiger partial charge in [0, 0.05) is 37.4 Å². The Morgan fingerprint density at radius 2 is 2.04 bits per heavy atom. The molecule has 23 heavy (non-hydrogen) atoms. The first-order valence-corrected chi connectivity index (χ1v) is 7.76. The van der Waals surface area contributed by atoms with Gasteiger partial charge in [0.25, 0.3) is 0 Å². The number of ether oxygens (including phenoxy) is 1. The van der Waals surface area contributed by atoms with Crippen LogP contribution in [-0.4, -0.2) is 34.6 Å². The molecule has 0 bridgehead atoms. The topological polar surface area (TPSA) is 67.3 Å². The normalized spacial score (nSPS) is 15.7. The summed E-state index contributed by atoms with van der Waals surface area (Å²) in [5, 5.41) is 21.7. The molecule has 6 heteroatoms. The third kappa shape index (κ3) is 3.83. The lowest BCUT2D eigenvalue weighted by atomic mass is 10.0. The van der Waals surface area contributed by atoms with Gasteiger partial charge in [0.15, 0.2) is 0 Å². The maximum atomic E-state index is 13.3. The molecule has 2 heterocycles. The Balaban J connectivity index is 1.69. The predicted molar refractivity (Wildman–Crippen MR) is 84.5 cm³/mol. The smallest absolute Gasteiger partial charge is 0.128 e. The average molecular weight is 317 g/mol. The second kappa shape index (κ2) is 7.02. The van der Waals surface area contributed by atoms with Crippen LogP contribution in [0, 0.1) is 12.7 Å². The summed E-state index contributed by atoms with van der Waals surface area (Å²) in [4.78, 5) is 0. The van der Waals surface area contributed by atoms with Crippen molar-refractivity contribution in [3.8, 4) is 17.0 Å². The maximum absolute atomic E-state index is 13.3. The van der Waals surface area contributed by atoms with Crippen molar-refractivity contribution in [1.82, 2.24) is 15.5 Å². The Morgan fingerprint density at radius 3 is 2.70 bits per heavy atom. The predicted octanol–water partition coefficient (Wildman–Crippen LogP) is 2.57. The molecule has 1 aliphatic rings. The molecule has 0 amide bonds. The molecular weight excluding hydrogens is 297 g/mol. The van der Waals surface area contributed by atoms with E-state index in [1.54, 1.807) is 13.0 Å². The summed E-state index contributed by atoms with van der Waals surface area (Å²) in [6.07, 6.45) is 2.02. The van der Waals surface area contributed by atoms with Crippen molar-refractivity contribution in [2.75, 3.05) is 13.2 Å². The van der Waals surface area contributed by atoms with Crippen LogP contribution in [0.4, 0.5) is 4.39 Å². The number of aryl methyl sites for hydroxylation is 1. The number of benzene rings is 1. The summed E-state index contributed by atoms with van der Waals surface area (Å²) < 4.78 is 18.6. The van der Waals surface area contributed by atoms with Crippen LogP contribution < -0.4 is 5.32 Å². The van der Waals surface area contributed by atoms with Crippen LogP contribution in [0.3, 0.4) is 0 Å². The quantitative estimate of drug-likeness (QED) is 0.907. The molecule has 0 atom stereocenters. The number of phenols is 1. The number of aromatic nitrogens is 2. The highest BCUT2D eigenvalue weighted by Crippen LogP contribution is 2.31. The van der Waals surface area contributed by atoms with E-state index in [2.05, 4.69) is 15.5 Å². The van der Waals surface area contributed by atoms with E-state index < -0.39 is 5.82 Å². The van der Waals surface area contributed by atoms with Crippen molar-refractivity contribution in [2.24, 2.45) is 0 Å². The molecule has 0 radical (unpaired) electrons. The van der Waals surface area contributed by atoms with Crippen molar-refractivity contribution in [3.05, 3.63) is 41.3 Å². The molecule has 3 rings (SSSR count). The molecule has 0 unspecified atom stereocenters. The van der Waals surface area contributed by atoms with Crippen molar-refractivity contribution >= 4 is 0 Å². The Hall–Kier alpha value is -2.05. The summed E-state index contributed by atoms with van der Waals surface area (Å²) in [5.41, 5.74) is 2.52. The van der Waals surface area contributed by atoms with Crippen LogP contribution in [0.2, 0.25) is 0 Å². The lowest BCUT2D eigenvalue weighted by Crippen LogP contribution is -2.34. The van der Waals surface area contributed by atoms with Gasteiger partial charge in [-0.05, 0) is 43.5 Å². The van der Waals surface area contributed by atoms with E-state index in [0.717, 1.165) is 37.8 Å². The maximum Gasteiger partial charge on any atom is 0.128 e. The largest absolute Gasteiger partial charge is 0.507 e. The molecular formula is C17H20FN3O2. The van der Waals surface area contributed by atoms with Crippen LogP contribution >= 0.6 is 0 Å². The van der Waals surface area contributed by atoms with E-state index in [4.69, 9.17) is 4.74 Å². The number of nitrogens with one attached hydrogen (secondary N) is 1. The van der Waals surface area contributed by atoms with Crippen molar-refractivity contribution < 1.29 is 14.2 Å². The number of hydrogen-bond acceptors (Lipinski definition) is 5. The molecule has 1 fully saturated rings. The molecule has 1 saturated heterocycles. The Kier molecular flexibility index (Phi) is 4.83. The van der Waals surface area contributed by atoms with Crippen LogP contribution in [0.1, 0.15) is 24.1 Å². The summed E-state index contributed by atoms with van der Waals surface area (Å²) in [5.74, 6) is -0.584. The van der Waals surface area contributed by atoms with Gasteiger partial charge in [-0.1, -0.05) is 0 Å². The zero-order valence-corrected chi connectivity index (χ0v) is 13.1. The van der Waals surface area contributed by atoms with Gasteiger partial charge in [0.2, 0.25) is 0 Å². The van der Waals surface area contributed by atoms with E-state index in [9.17, 15) is 9.50 Å². The zero-order chi connectivity index (χ0) is 16.2. The monoisotopic (exact) mass is 317 g/mol. The molecule has 1 aromatic carbocycles. The Labute approximate surface area is 134 Å². The second-order valence-corrected chi connectivity index (χ2v) is 5.79. The fourth-order valence-corrected chi connectivity index (χ4v) is 2.80. The summed E-state index contributed by atoms with van der Waals surface area (Å²) in [6, 6.07) is 6.58. The minimum absolute atomic E-state index is 0.120. The van der Waals surface area contributed by atoms with E-state index in [-0.39, 0.29) is 5.75 Å². The molecule has 1 aliphatic heterocycles. The third-order valence-corrected chi connectivity index (χ3v) is 4.05. The van der Waals surface area contributed by atoms with E-state index in [1.807, 2.05) is 6.07 Å². The first-order valence-electron chi connectivity index (χ1n) is 7.76. The highest BCUT2D eigenvalue weighted by molar-refractivity contribution is 5.70. The van der Waals surface area contributed by atoms with Gasteiger partial charge in [-0.3, -0.25) is 0 Å². The second-order valence-electron chi connectivity index (χ2n) is 5.79. The molecule has 0 aliphatic carbocycles. The summed E-state index contributed by atoms with van der Waals surface area (Å²) >= 11 is 0.